The van der Waals surface area contributed by atoms with Crippen LogP contribution in [0.5, 0.6) is 0 Å². The van der Waals surface area contributed by atoms with Crippen molar-refractivity contribution >= 4 is 5.97 Å². The fraction of sp³-hybridized carbons (Fsp3) is 0.424. The second-order valence-electron chi connectivity index (χ2n) is 11.3. The number of hydrogen-bond donors (Lipinski definition) is 0. The molecule has 0 aliphatic carbocycles. The van der Waals surface area contributed by atoms with Crippen LogP contribution in [-0.2, 0) is 53.0 Å². The van der Waals surface area contributed by atoms with Crippen LogP contribution in [0.1, 0.15) is 44.4 Å². The third-order valence-electron chi connectivity index (χ3n) is 6.93. The summed E-state index contributed by atoms with van der Waals surface area (Å²) in [7, 11) is 0. The molecule has 1 spiro atoms. The van der Waals surface area contributed by atoms with E-state index >= 15 is 0 Å². The Morgan fingerprint density at radius 1 is 0.700 bits per heavy atom. The van der Waals surface area contributed by atoms with Crippen LogP contribution in [0.2, 0.25) is 0 Å². The number of hydrogen-bond acceptors (Lipinski definition) is 7. The van der Waals surface area contributed by atoms with Crippen LogP contribution in [0.15, 0.2) is 91.0 Å². The van der Waals surface area contributed by atoms with E-state index in [2.05, 4.69) is 0 Å². The number of rotatable bonds is 10. The van der Waals surface area contributed by atoms with Crippen molar-refractivity contribution in [3.05, 3.63) is 108 Å². The fourth-order valence-corrected chi connectivity index (χ4v) is 5.03. The molecule has 3 aromatic rings. The molecule has 2 aliphatic rings. The van der Waals surface area contributed by atoms with Crippen LogP contribution in [0.4, 0.5) is 0 Å². The van der Waals surface area contributed by atoms with Crippen molar-refractivity contribution in [2.75, 3.05) is 0 Å². The van der Waals surface area contributed by atoms with E-state index in [-0.39, 0.29) is 6.61 Å². The minimum atomic E-state index is -1.34. The average molecular weight is 547 g/mol. The van der Waals surface area contributed by atoms with E-state index in [0.717, 1.165) is 16.7 Å². The summed E-state index contributed by atoms with van der Waals surface area (Å²) in [6.45, 7) is 8.39. The maximum atomic E-state index is 13.1. The molecule has 2 heterocycles. The molecule has 2 fully saturated rings. The monoisotopic (exact) mass is 546 g/mol. The zero-order chi connectivity index (χ0) is 28.2. The van der Waals surface area contributed by atoms with Gasteiger partial charge in [0.25, 0.3) is 0 Å². The molecule has 7 heteroatoms. The first-order valence-electron chi connectivity index (χ1n) is 13.8. The van der Waals surface area contributed by atoms with Crippen molar-refractivity contribution in [1.29, 1.82) is 0 Å². The number of epoxide rings is 1. The molecule has 0 saturated carbocycles. The summed E-state index contributed by atoms with van der Waals surface area (Å²) in [5, 5.41) is 0. The lowest BCUT2D eigenvalue weighted by molar-refractivity contribution is -0.294. The highest BCUT2D eigenvalue weighted by atomic mass is 16.8. The van der Waals surface area contributed by atoms with Crippen LogP contribution in [-0.4, -0.2) is 47.9 Å². The van der Waals surface area contributed by atoms with E-state index < -0.39 is 47.9 Å². The number of benzene rings is 3. The maximum Gasteiger partial charge on any atom is 0.341 e. The summed E-state index contributed by atoms with van der Waals surface area (Å²) in [4.78, 5) is 13.1. The second kappa shape index (κ2) is 12.2. The third-order valence-corrected chi connectivity index (χ3v) is 6.93. The van der Waals surface area contributed by atoms with E-state index in [0.29, 0.717) is 13.2 Å². The first-order valence-corrected chi connectivity index (χ1v) is 13.8. The topological polar surface area (TPSA) is 75.8 Å². The van der Waals surface area contributed by atoms with Crippen molar-refractivity contribution in [3.63, 3.8) is 0 Å². The van der Waals surface area contributed by atoms with Gasteiger partial charge in [-0.2, -0.15) is 0 Å². The predicted octanol–water partition coefficient (Wildman–Crippen LogP) is 5.60. The van der Waals surface area contributed by atoms with Crippen molar-refractivity contribution in [3.8, 4) is 0 Å². The van der Waals surface area contributed by atoms with Gasteiger partial charge < -0.3 is 28.4 Å². The summed E-state index contributed by atoms with van der Waals surface area (Å²) < 4.78 is 37.8. The van der Waals surface area contributed by atoms with Crippen LogP contribution >= 0.6 is 0 Å². The molecular formula is C33H38O7. The van der Waals surface area contributed by atoms with Crippen LogP contribution < -0.4 is 0 Å². The van der Waals surface area contributed by atoms with Gasteiger partial charge in [-0.25, -0.2) is 4.79 Å². The van der Waals surface area contributed by atoms with Gasteiger partial charge >= 0.3 is 5.97 Å². The highest BCUT2D eigenvalue weighted by Crippen LogP contribution is 2.50. The van der Waals surface area contributed by atoms with E-state index in [1.54, 1.807) is 0 Å². The van der Waals surface area contributed by atoms with Gasteiger partial charge in [0.05, 0.1) is 25.9 Å². The van der Waals surface area contributed by atoms with Crippen molar-refractivity contribution in [2.45, 2.75) is 89.4 Å². The van der Waals surface area contributed by atoms with Crippen molar-refractivity contribution < 1.29 is 33.2 Å². The Bertz CT molecular complexity index is 1230. The summed E-state index contributed by atoms with van der Waals surface area (Å²) in [5.41, 5.74) is 2.36. The van der Waals surface area contributed by atoms with E-state index in [1.807, 2.05) is 119 Å². The Morgan fingerprint density at radius 2 is 1.15 bits per heavy atom. The summed E-state index contributed by atoms with van der Waals surface area (Å²) >= 11 is 0. The maximum absolute atomic E-state index is 13.1. The average Bonchev–Trinajstić information content (AvgIpc) is 3.66. The smallest absolute Gasteiger partial charge is 0.341 e. The Labute approximate surface area is 236 Å². The van der Waals surface area contributed by atoms with Crippen molar-refractivity contribution in [2.24, 2.45) is 0 Å². The van der Waals surface area contributed by atoms with Gasteiger partial charge in [-0.15, -0.1) is 0 Å². The van der Waals surface area contributed by atoms with Gasteiger partial charge in [-0.1, -0.05) is 91.0 Å². The molecule has 0 bridgehead atoms. The Morgan fingerprint density at radius 3 is 1.62 bits per heavy atom. The normalized spacial score (nSPS) is 27.9. The van der Waals surface area contributed by atoms with Gasteiger partial charge in [-0.3, -0.25) is 0 Å². The number of carbonyl (C=O) groups excluding carboxylic acids is 1. The molecule has 0 amide bonds. The zero-order valence-corrected chi connectivity index (χ0v) is 23.5. The van der Waals surface area contributed by atoms with Gasteiger partial charge in [-0.05, 0) is 44.4 Å². The van der Waals surface area contributed by atoms with E-state index in [4.69, 9.17) is 28.4 Å². The molecule has 0 unspecified atom stereocenters. The molecular weight excluding hydrogens is 508 g/mol. The molecule has 40 heavy (non-hydrogen) atoms. The zero-order valence-electron chi connectivity index (χ0n) is 23.5. The molecule has 212 valence electrons. The molecule has 3 aromatic carbocycles. The lowest BCUT2D eigenvalue weighted by atomic mass is 9.92. The number of esters is 1. The number of carbonyl (C=O) groups is 1. The molecule has 0 N–H and O–H groups in total. The Balaban J connectivity index is 1.44. The van der Waals surface area contributed by atoms with Crippen LogP contribution in [0, 0.1) is 0 Å². The quantitative estimate of drug-likeness (QED) is 0.242. The standard InChI is InChI=1S/C33H38O7/c1-23-27(35-20-24-14-8-5-9-15-24)28(36-21-25-16-10-6-11-17-25)29(37-22-26-18-12-7-13-19-26)33(38-23)30(39-33)31(34)40-32(2,3)4/h5-19,23,27-30H,20-22H2,1-4H3/t23-,27-,28+,29+,30-,33-/m0/s1. The van der Waals surface area contributed by atoms with Crippen LogP contribution in [0.3, 0.4) is 0 Å². The molecule has 0 aromatic heterocycles. The highest BCUT2D eigenvalue weighted by molar-refractivity contribution is 5.79. The van der Waals surface area contributed by atoms with Gasteiger partial charge in [0.1, 0.15) is 23.9 Å². The minimum absolute atomic E-state index is 0.284. The van der Waals surface area contributed by atoms with Gasteiger partial charge in [0.15, 0.2) is 0 Å². The molecule has 2 saturated heterocycles. The van der Waals surface area contributed by atoms with Gasteiger partial charge in [0.2, 0.25) is 11.9 Å². The molecule has 2 aliphatic heterocycles. The second-order valence-corrected chi connectivity index (χ2v) is 11.3. The SMILES string of the molecule is C[C@@H]1O[C@]2(O[C@H]2C(=O)OC(C)(C)C)[C@H](OCc2ccccc2)[C@H](OCc2ccccc2)[C@H]1OCc1ccccc1. The summed E-state index contributed by atoms with van der Waals surface area (Å²) in [6, 6.07) is 29.7. The summed E-state index contributed by atoms with van der Waals surface area (Å²) in [6.07, 6.45) is -3.23. The molecule has 7 nitrogen and oxygen atoms in total. The van der Waals surface area contributed by atoms with Gasteiger partial charge in [0, 0.05) is 0 Å². The largest absolute Gasteiger partial charge is 0.458 e. The first-order chi connectivity index (χ1) is 19.2. The third kappa shape index (κ3) is 6.79. The minimum Gasteiger partial charge on any atom is -0.458 e. The van der Waals surface area contributed by atoms with E-state index in [1.165, 1.54) is 0 Å². The lowest BCUT2D eigenvalue weighted by Gasteiger charge is -2.44. The highest BCUT2D eigenvalue weighted by Gasteiger charge is 2.74. The molecule has 5 rings (SSSR count). The van der Waals surface area contributed by atoms with Crippen LogP contribution in [0.25, 0.3) is 0 Å². The Kier molecular flexibility index (Phi) is 8.68. The van der Waals surface area contributed by atoms with E-state index in [9.17, 15) is 4.79 Å². The van der Waals surface area contributed by atoms with Crippen molar-refractivity contribution in [1.82, 2.24) is 0 Å². The lowest BCUT2D eigenvalue weighted by Crippen LogP contribution is -2.62. The predicted molar refractivity (Wildman–Crippen MR) is 149 cm³/mol. The number of ether oxygens (including phenoxy) is 6. The first kappa shape index (κ1) is 28.5. The molecule has 6 atom stereocenters. The molecule has 0 radical (unpaired) electrons. The fourth-order valence-electron chi connectivity index (χ4n) is 5.03. The Hall–Kier alpha value is -3.07. The summed E-state index contributed by atoms with van der Waals surface area (Å²) in [5.74, 6) is -1.83.